The van der Waals surface area contributed by atoms with Gasteiger partial charge in [0.1, 0.15) is 0 Å². The molecular formula is C18H26N6. The zero-order chi connectivity index (χ0) is 16.5. The molecule has 0 spiro atoms. The van der Waals surface area contributed by atoms with Crippen LogP contribution in [0.5, 0.6) is 0 Å². The van der Waals surface area contributed by atoms with Crippen LogP contribution in [0.3, 0.4) is 0 Å². The maximum Gasteiger partial charge on any atom is 0.225 e. The Kier molecular flexibility index (Phi) is 4.22. The summed E-state index contributed by atoms with van der Waals surface area (Å²) in [5, 5.41) is 4.69. The van der Waals surface area contributed by atoms with Gasteiger partial charge in [-0.3, -0.25) is 9.58 Å². The maximum absolute atomic E-state index is 4.69. The fourth-order valence-corrected chi connectivity index (χ4v) is 4.20. The van der Waals surface area contributed by atoms with Crippen LogP contribution < -0.4 is 4.90 Å². The molecule has 2 aromatic heterocycles. The Morgan fingerprint density at radius 2 is 1.67 bits per heavy atom. The summed E-state index contributed by atoms with van der Waals surface area (Å²) in [6.45, 7) is 8.67. The van der Waals surface area contributed by atoms with E-state index in [0.29, 0.717) is 12.1 Å². The Labute approximate surface area is 143 Å². The molecule has 4 rings (SSSR count). The molecular weight excluding hydrogens is 300 g/mol. The van der Waals surface area contributed by atoms with Gasteiger partial charge < -0.3 is 4.90 Å². The number of hydrogen-bond donors (Lipinski definition) is 0. The summed E-state index contributed by atoms with van der Waals surface area (Å²) >= 11 is 0. The van der Waals surface area contributed by atoms with Crippen molar-refractivity contribution >= 4 is 5.95 Å². The number of piperidine rings is 1. The van der Waals surface area contributed by atoms with Crippen molar-refractivity contribution in [2.24, 2.45) is 0 Å². The van der Waals surface area contributed by atoms with Crippen molar-refractivity contribution in [2.45, 2.75) is 45.2 Å². The second kappa shape index (κ2) is 6.51. The molecule has 0 bridgehead atoms. The zero-order valence-corrected chi connectivity index (χ0v) is 14.6. The van der Waals surface area contributed by atoms with Crippen LogP contribution in [-0.4, -0.2) is 56.9 Å². The van der Waals surface area contributed by atoms with Gasteiger partial charge in [0, 0.05) is 50.3 Å². The predicted octanol–water partition coefficient (Wildman–Crippen LogP) is 2.21. The third kappa shape index (κ3) is 3.02. The number of nitrogens with zero attached hydrogens (tertiary/aromatic N) is 6. The van der Waals surface area contributed by atoms with Crippen LogP contribution in [0, 0.1) is 13.8 Å². The van der Waals surface area contributed by atoms with Crippen LogP contribution >= 0.6 is 0 Å². The average molecular weight is 326 g/mol. The number of hydrogen-bond acceptors (Lipinski definition) is 5. The van der Waals surface area contributed by atoms with Gasteiger partial charge in [0.05, 0.1) is 11.7 Å². The van der Waals surface area contributed by atoms with Gasteiger partial charge >= 0.3 is 0 Å². The molecule has 0 saturated carbocycles. The second-order valence-corrected chi connectivity index (χ2v) is 7.08. The number of rotatable bonds is 3. The molecule has 128 valence electrons. The van der Waals surface area contributed by atoms with Gasteiger partial charge in [0.15, 0.2) is 0 Å². The molecule has 2 saturated heterocycles. The highest BCUT2D eigenvalue weighted by molar-refractivity contribution is 5.29. The third-order valence-electron chi connectivity index (χ3n) is 5.40. The molecule has 0 unspecified atom stereocenters. The number of anilines is 1. The summed E-state index contributed by atoms with van der Waals surface area (Å²) in [6.07, 6.45) is 7.26. The van der Waals surface area contributed by atoms with E-state index in [2.05, 4.69) is 49.5 Å². The Bertz CT molecular complexity index is 674. The summed E-state index contributed by atoms with van der Waals surface area (Å²) in [5.74, 6) is 0.873. The lowest BCUT2D eigenvalue weighted by molar-refractivity contribution is 0.199. The van der Waals surface area contributed by atoms with Crippen LogP contribution in [0.1, 0.15) is 36.7 Å². The summed E-state index contributed by atoms with van der Waals surface area (Å²) in [5.41, 5.74) is 2.41. The minimum Gasteiger partial charge on any atom is -0.341 e. The van der Waals surface area contributed by atoms with Crippen molar-refractivity contribution in [2.75, 3.05) is 31.1 Å². The first kappa shape index (κ1) is 15.6. The van der Waals surface area contributed by atoms with Crippen molar-refractivity contribution < 1.29 is 0 Å². The molecule has 0 aromatic carbocycles. The number of likely N-dealkylation sites (tertiary alicyclic amines) is 1. The van der Waals surface area contributed by atoms with Gasteiger partial charge in [-0.2, -0.15) is 5.10 Å². The molecule has 24 heavy (non-hydrogen) atoms. The molecule has 4 heterocycles. The first-order chi connectivity index (χ1) is 11.7. The van der Waals surface area contributed by atoms with E-state index in [1.807, 2.05) is 18.5 Å². The Morgan fingerprint density at radius 1 is 0.958 bits per heavy atom. The summed E-state index contributed by atoms with van der Waals surface area (Å²) in [6, 6.07) is 5.28. The molecule has 1 atom stereocenters. The van der Waals surface area contributed by atoms with Gasteiger partial charge in [-0.25, -0.2) is 9.97 Å². The van der Waals surface area contributed by atoms with Crippen LogP contribution in [0.25, 0.3) is 0 Å². The van der Waals surface area contributed by atoms with E-state index in [0.717, 1.165) is 31.3 Å². The van der Waals surface area contributed by atoms with Crippen LogP contribution in [0.2, 0.25) is 0 Å². The Balaban J connectivity index is 1.35. The van der Waals surface area contributed by atoms with Gasteiger partial charge in [-0.15, -0.1) is 0 Å². The largest absolute Gasteiger partial charge is 0.341 e. The number of aromatic nitrogens is 4. The van der Waals surface area contributed by atoms with Crippen molar-refractivity contribution in [3.05, 3.63) is 35.9 Å². The van der Waals surface area contributed by atoms with E-state index in [1.54, 1.807) is 0 Å². The minimum absolute atomic E-state index is 0.536. The molecule has 0 radical (unpaired) electrons. The topological polar surface area (TPSA) is 50.1 Å². The molecule has 6 heteroatoms. The summed E-state index contributed by atoms with van der Waals surface area (Å²) < 4.78 is 2.24. The van der Waals surface area contributed by atoms with Crippen molar-refractivity contribution in [3.8, 4) is 0 Å². The monoisotopic (exact) mass is 326 g/mol. The highest BCUT2D eigenvalue weighted by atomic mass is 15.3. The standard InChI is InChI=1S/C18H26N6/c1-14-12-15(2)24(21-14)17-6-11-23(13-17)16-4-9-22(10-5-16)18-19-7-3-8-20-18/h3,7-8,12,16-17H,4-6,9-11,13H2,1-2H3/t17-/m0/s1. The quantitative estimate of drug-likeness (QED) is 0.865. The van der Waals surface area contributed by atoms with Crippen LogP contribution in [-0.2, 0) is 0 Å². The van der Waals surface area contributed by atoms with Crippen LogP contribution in [0.4, 0.5) is 5.95 Å². The fourth-order valence-electron chi connectivity index (χ4n) is 4.20. The number of aryl methyl sites for hydroxylation is 2. The molecule has 0 N–H and O–H groups in total. The van der Waals surface area contributed by atoms with Gasteiger partial charge in [0.2, 0.25) is 5.95 Å². The molecule has 2 fully saturated rings. The average Bonchev–Trinajstić information content (AvgIpc) is 3.22. The normalized spacial score (nSPS) is 23.1. The van der Waals surface area contributed by atoms with Crippen molar-refractivity contribution in [3.63, 3.8) is 0 Å². The first-order valence-corrected chi connectivity index (χ1v) is 8.99. The van der Waals surface area contributed by atoms with Gasteiger partial charge in [0.25, 0.3) is 0 Å². The zero-order valence-electron chi connectivity index (χ0n) is 14.6. The highest BCUT2D eigenvalue weighted by Crippen LogP contribution is 2.28. The van der Waals surface area contributed by atoms with E-state index in [9.17, 15) is 0 Å². The lowest BCUT2D eigenvalue weighted by Crippen LogP contribution is -2.44. The van der Waals surface area contributed by atoms with E-state index in [-0.39, 0.29) is 0 Å². The molecule has 2 aromatic rings. The van der Waals surface area contributed by atoms with Gasteiger partial charge in [-0.05, 0) is 45.2 Å². The third-order valence-corrected chi connectivity index (χ3v) is 5.40. The first-order valence-electron chi connectivity index (χ1n) is 8.99. The Hall–Kier alpha value is -1.95. The minimum atomic E-state index is 0.536. The van der Waals surface area contributed by atoms with E-state index >= 15 is 0 Å². The molecule has 2 aliphatic heterocycles. The summed E-state index contributed by atoms with van der Waals surface area (Å²) in [4.78, 5) is 13.7. The summed E-state index contributed by atoms with van der Waals surface area (Å²) in [7, 11) is 0. The Morgan fingerprint density at radius 3 is 2.33 bits per heavy atom. The van der Waals surface area contributed by atoms with E-state index in [4.69, 9.17) is 0 Å². The highest BCUT2D eigenvalue weighted by Gasteiger charge is 2.32. The molecule has 6 nitrogen and oxygen atoms in total. The maximum atomic E-state index is 4.69. The lowest BCUT2D eigenvalue weighted by atomic mass is 10.0. The lowest BCUT2D eigenvalue weighted by Gasteiger charge is -2.36. The second-order valence-electron chi connectivity index (χ2n) is 7.08. The fraction of sp³-hybridized carbons (Fsp3) is 0.611. The van der Waals surface area contributed by atoms with E-state index < -0.39 is 0 Å². The van der Waals surface area contributed by atoms with Crippen molar-refractivity contribution in [1.82, 2.24) is 24.6 Å². The van der Waals surface area contributed by atoms with Crippen molar-refractivity contribution in [1.29, 1.82) is 0 Å². The predicted molar refractivity (Wildman–Crippen MR) is 94.2 cm³/mol. The molecule has 0 aliphatic carbocycles. The SMILES string of the molecule is Cc1cc(C)n([C@H]2CCN(C3CCN(c4ncccn4)CC3)C2)n1. The van der Waals surface area contributed by atoms with Gasteiger partial charge in [-0.1, -0.05) is 0 Å². The van der Waals surface area contributed by atoms with Crippen LogP contribution in [0.15, 0.2) is 24.5 Å². The molecule has 0 amide bonds. The van der Waals surface area contributed by atoms with E-state index in [1.165, 1.54) is 31.5 Å². The smallest absolute Gasteiger partial charge is 0.225 e. The molecule has 2 aliphatic rings.